The molecule has 14 heavy (non-hydrogen) atoms. The first-order valence-electron chi connectivity index (χ1n) is 4.74. The molecule has 0 fully saturated rings. The molecule has 0 N–H and O–H groups in total. The molecule has 0 aromatic carbocycles. The van der Waals surface area contributed by atoms with Crippen LogP contribution in [0.15, 0.2) is 36.4 Å². The molecule has 0 bridgehead atoms. The third-order valence-electron chi connectivity index (χ3n) is 2.47. The van der Waals surface area contributed by atoms with Crippen molar-refractivity contribution in [2.24, 2.45) is 0 Å². The highest BCUT2D eigenvalue weighted by molar-refractivity contribution is 5.31. The minimum atomic E-state index is -0.401. The van der Waals surface area contributed by atoms with Gasteiger partial charge in [0.2, 0.25) is 5.95 Å². The van der Waals surface area contributed by atoms with Crippen molar-refractivity contribution in [2.75, 3.05) is 0 Å². The average molecular weight is 189 g/mol. The van der Waals surface area contributed by atoms with Gasteiger partial charge in [-0.1, -0.05) is 30.4 Å². The van der Waals surface area contributed by atoms with Crippen molar-refractivity contribution in [2.45, 2.75) is 19.3 Å². The molecule has 1 aromatic heterocycles. The fourth-order valence-corrected chi connectivity index (χ4v) is 1.74. The van der Waals surface area contributed by atoms with E-state index in [1.165, 1.54) is 6.07 Å². The molecule has 1 aromatic rings. The van der Waals surface area contributed by atoms with Crippen molar-refractivity contribution in [1.29, 1.82) is 0 Å². The second-order valence-electron chi connectivity index (χ2n) is 3.46. The summed E-state index contributed by atoms with van der Waals surface area (Å²) in [4.78, 5) is 3.82. The van der Waals surface area contributed by atoms with E-state index in [1.54, 1.807) is 0 Å². The van der Waals surface area contributed by atoms with Gasteiger partial charge in [-0.15, -0.1) is 0 Å². The number of nitrogens with zero attached hydrogens (tertiary/aromatic N) is 1. The van der Waals surface area contributed by atoms with Crippen LogP contribution in [-0.2, 0) is 0 Å². The highest BCUT2D eigenvalue weighted by Crippen LogP contribution is 2.26. The van der Waals surface area contributed by atoms with Gasteiger partial charge in [-0.2, -0.15) is 4.39 Å². The zero-order valence-electron chi connectivity index (χ0n) is 8.07. The van der Waals surface area contributed by atoms with Gasteiger partial charge in [-0.25, -0.2) is 4.98 Å². The van der Waals surface area contributed by atoms with Gasteiger partial charge in [0, 0.05) is 11.6 Å². The van der Waals surface area contributed by atoms with Crippen LogP contribution in [0.1, 0.15) is 23.6 Å². The van der Waals surface area contributed by atoms with Crippen LogP contribution in [0.25, 0.3) is 0 Å². The summed E-state index contributed by atoms with van der Waals surface area (Å²) < 4.78 is 12.8. The Kier molecular flexibility index (Phi) is 2.44. The lowest BCUT2D eigenvalue weighted by Gasteiger charge is -2.14. The predicted molar refractivity (Wildman–Crippen MR) is 54.6 cm³/mol. The molecule has 0 spiro atoms. The van der Waals surface area contributed by atoms with Crippen LogP contribution in [-0.4, -0.2) is 4.98 Å². The molecule has 2 rings (SSSR count). The van der Waals surface area contributed by atoms with Crippen LogP contribution < -0.4 is 0 Å². The second kappa shape index (κ2) is 3.74. The maximum Gasteiger partial charge on any atom is 0.213 e. The van der Waals surface area contributed by atoms with Gasteiger partial charge < -0.3 is 0 Å². The maximum absolute atomic E-state index is 12.8. The number of hydrogen-bond donors (Lipinski definition) is 0. The van der Waals surface area contributed by atoms with E-state index in [1.807, 2.05) is 25.1 Å². The standard InChI is InChI=1S/C12H12FN/c1-9-11(7-8-12(13)14-9)10-5-3-2-4-6-10/h2-5,7-8,10H,6H2,1H3. The summed E-state index contributed by atoms with van der Waals surface area (Å²) in [5, 5.41) is 0. The van der Waals surface area contributed by atoms with E-state index in [4.69, 9.17) is 0 Å². The van der Waals surface area contributed by atoms with E-state index in [-0.39, 0.29) is 0 Å². The van der Waals surface area contributed by atoms with Crippen molar-refractivity contribution < 1.29 is 4.39 Å². The molecule has 1 atom stereocenters. The fraction of sp³-hybridized carbons (Fsp3) is 0.250. The Labute approximate surface area is 83.0 Å². The molecule has 1 unspecified atom stereocenters. The van der Waals surface area contributed by atoms with Crippen LogP contribution in [0.4, 0.5) is 4.39 Å². The number of hydrogen-bond acceptors (Lipinski definition) is 1. The molecule has 1 aliphatic rings. The number of aryl methyl sites for hydroxylation is 1. The van der Waals surface area contributed by atoms with Crippen molar-refractivity contribution in [3.8, 4) is 0 Å². The molecule has 0 saturated heterocycles. The zero-order valence-corrected chi connectivity index (χ0v) is 8.07. The number of allylic oxidation sites excluding steroid dienone is 4. The molecular weight excluding hydrogens is 177 g/mol. The van der Waals surface area contributed by atoms with E-state index in [9.17, 15) is 4.39 Å². The molecule has 1 nitrogen and oxygen atoms in total. The zero-order chi connectivity index (χ0) is 9.97. The van der Waals surface area contributed by atoms with Gasteiger partial charge in [0.15, 0.2) is 0 Å². The first-order chi connectivity index (χ1) is 6.77. The molecule has 0 radical (unpaired) electrons. The van der Waals surface area contributed by atoms with E-state index in [2.05, 4.69) is 17.1 Å². The number of halogens is 1. The summed E-state index contributed by atoms with van der Waals surface area (Å²) in [6, 6.07) is 3.25. The molecule has 1 heterocycles. The van der Waals surface area contributed by atoms with Crippen molar-refractivity contribution in [3.05, 3.63) is 53.6 Å². The van der Waals surface area contributed by atoms with Gasteiger partial charge in [0.1, 0.15) is 0 Å². The fourth-order valence-electron chi connectivity index (χ4n) is 1.74. The lowest BCUT2D eigenvalue weighted by Crippen LogP contribution is -2.01. The highest BCUT2D eigenvalue weighted by Gasteiger charge is 2.11. The van der Waals surface area contributed by atoms with Gasteiger partial charge in [-0.05, 0) is 25.0 Å². The Morgan fingerprint density at radius 1 is 1.36 bits per heavy atom. The summed E-state index contributed by atoms with van der Waals surface area (Å²) >= 11 is 0. The van der Waals surface area contributed by atoms with Crippen LogP contribution in [0.2, 0.25) is 0 Å². The van der Waals surface area contributed by atoms with Crippen molar-refractivity contribution in [1.82, 2.24) is 4.98 Å². The third-order valence-corrected chi connectivity index (χ3v) is 2.47. The second-order valence-corrected chi connectivity index (χ2v) is 3.46. The van der Waals surface area contributed by atoms with Crippen molar-refractivity contribution >= 4 is 0 Å². The molecule has 0 aliphatic heterocycles. The molecular formula is C12H12FN. The quantitative estimate of drug-likeness (QED) is 0.618. The number of pyridine rings is 1. The molecule has 72 valence electrons. The van der Waals surface area contributed by atoms with Crippen molar-refractivity contribution in [3.63, 3.8) is 0 Å². The van der Waals surface area contributed by atoms with E-state index in [0.717, 1.165) is 17.7 Å². The molecule has 0 saturated carbocycles. The minimum Gasteiger partial charge on any atom is -0.225 e. The summed E-state index contributed by atoms with van der Waals surface area (Å²) in [5.41, 5.74) is 1.90. The summed E-state index contributed by atoms with van der Waals surface area (Å²) in [5.74, 6) is -0.0466. The normalized spacial score (nSPS) is 20.0. The molecule has 0 amide bonds. The van der Waals surface area contributed by atoms with Crippen LogP contribution in [0, 0.1) is 12.9 Å². The van der Waals surface area contributed by atoms with Crippen LogP contribution >= 0.6 is 0 Å². The average Bonchev–Trinajstić information content (AvgIpc) is 2.19. The Morgan fingerprint density at radius 3 is 2.86 bits per heavy atom. The van der Waals surface area contributed by atoms with Crippen LogP contribution in [0.5, 0.6) is 0 Å². The Bertz CT molecular complexity index is 393. The van der Waals surface area contributed by atoms with E-state index >= 15 is 0 Å². The SMILES string of the molecule is Cc1nc(F)ccc1C1C=CC=CC1. The lowest BCUT2D eigenvalue weighted by molar-refractivity contribution is 0.577. The van der Waals surface area contributed by atoms with Gasteiger partial charge in [0.25, 0.3) is 0 Å². The van der Waals surface area contributed by atoms with Gasteiger partial charge in [0.05, 0.1) is 0 Å². The Morgan fingerprint density at radius 2 is 2.21 bits per heavy atom. The van der Waals surface area contributed by atoms with Crippen LogP contribution in [0.3, 0.4) is 0 Å². The molecule has 1 aliphatic carbocycles. The first-order valence-corrected chi connectivity index (χ1v) is 4.74. The number of aromatic nitrogens is 1. The third kappa shape index (κ3) is 1.74. The summed E-state index contributed by atoms with van der Waals surface area (Å²) in [7, 11) is 0. The van der Waals surface area contributed by atoms with E-state index < -0.39 is 5.95 Å². The first kappa shape index (κ1) is 9.13. The van der Waals surface area contributed by atoms with Gasteiger partial charge in [-0.3, -0.25) is 0 Å². The smallest absolute Gasteiger partial charge is 0.213 e. The predicted octanol–water partition coefficient (Wildman–Crippen LogP) is 3.13. The van der Waals surface area contributed by atoms with E-state index in [0.29, 0.717) is 5.92 Å². The van der Waals surface area contributed by atoms with Gasteiger partial charge >= 0.3 is 0 Å². The monoisotopic (exact) mass is 189 g/mol. The Balaban J connectivity index is 2.32. The highest BCUT2D eigenvalue weighted by atomic mass is 19.1. The maximum atomic E-state index is 12.8. The Hall–Kier alpha value is -1.44. The topological polar surface area (TPSA) is 12.9 Å². The summed E-state index contributed by atoms with van der Waals surface area (Å²) in [6.07, 6.45) is 9.28. The lowest BCUT2D eigenvalue weighted by atomic mass is 9.92. The summed E-state index contributed by atoms with van der Waals surface area (Å²) in [6.45, 7) is 1.85. The largest absolute Gasteiger partial charge is 0.225 e. The minimum absolute atomic E-state index is 0.355. The molecule has 2 heteroatoms. The number of rotatable bonds is 1.